The van der Waals surface area contributed by atoms with Crippen LogP contribution in [-0.2, 0) is 0 Å². The molecule has 0 aromatic heterocycles. The van der Waals surface area contributed by atoms with Crippen LogP contribution in [0.1, 0.15) is 41.0 Å². The number of hydrogen-bond donors (Lipinski definition) is 3. The zero-order valence-corrected chi connectivity index (χ0v) is 9.91. The predicted molar refractivity (Wildman–Crippen MR) is 57.0 cm³/mol. The molecule has 0 aliphatic carbocycles. The first-order valence-electron chi connectivity index (χ1n) is 5.17. The summed E-state index contributed by atoms with van der Waals surface area (Å²) in [5.41, 5.74) is -1.18. The second-order valence-electron chi connectivity index (χ2n) is 5.29. The van der Waals surface area contributed by atoms with Gasteiger partial charge < -0.3 is 15.3 Å². The summed E-state index contributed by atoms with van der Waals surface area (Å²) in [5.74, 6) is 0. The smallest absolute Gasteiger partial charge is 0.0688 e. The van der Waals surface area contributed by atoms with Crippen LogP contribution in [0.4, 0.5) is 0 Å². The maximum atomic E-state index is 10.1. The van der Waals surface area contributed by atoms with Crippen molar-refractivity contribution in [3.05, 3.63) is 0 Å². The summed E-state index contributed by atoms with van der Waals surface area (Å²) in [5, 5.41) is 29.0. The summed E-state index contributed by atoms with van der Waals surface area (Å²) in [4.78, 5) is 0. The van der Waals surface area contributed by atoms with E-state index < -0.39 is 23.0 Å². The fraction of sp³-hybridized carbons (Fsp3) is 1.00. The maximum Gasteiger partial charge on any atom is 0.0688 e. The van der Waals surface area contributed by atoms with Crippen molar-refractivity contribution in [2.24, 2.45) is 10.8 Å². The Morgan fingerprint density at radius 3 is 1.79 bits per heavy atom. The highest BCUT2D eigenvalue weighted by molar-refractivity contribution is 4.92. The van der Waals surface area contributed by atoms with Crippen molar-refractivity contribution in [3.8, 4) is 0 Å². The summed E-state index contributed by atoms with van der Waals surface area (Å²) in [6.07, 6.45) is -0.677. The van der Waals surface area contributed by atoms with Crippen molar-refractivity contribution in [1.82, 2.24) is 0 Å². The average Bonchev–Trinajstić information content (AvgIpc) is 2.15. The van der Waals surface area contributed by atoms with Gasteiger partial charge in [0.15, 0.2) is 0 Å². The fourth-order valence-electron chi connectivity index (χ4n) is 1.80. The van der Waals surface area contributed by atoms with Crippen molar-refractivity contribution in [2.45, 2.75) is 53.2 Å². The van der Waals surface area contributed by atoms with E-state index in [1.807, 2.05) is 20.8 Å². The number of rotatable bonds is 5. The molecule has 2 atom stereocenters. The summed E-state index contributed by atoms with van der Waals surface area (Å²) >= 11 is 0. The lowest BCUT2D eigenvalue weighted by molar-refractivity contribution is -0.114. The zero-order chi connectivity index (χ0) is 11.6. The Balaban J connectivity index is 4.73. The molecule has 0 aromatic carbocycles. The topological polar surface area (TPSA) is 60.7 Å². The van der Waals surface area contributed by atoms with Crippen LogP contribution < -0.4 is 0 Å². The molecule has 0 saturated carbocycles. The molecule has 0 heterocycles. The van der Waals surface area contributed by atoms with E-state index in [2.05, 4.69) is 0 Å². The molecule has 3 nitrogen and oxygen atoms in total. The molecule has 0 aliphatic heterocycles. The Morgan fingerprint density at radius 2 is 1.50 bits per heavy atom. The summed E-state index contributed by atoms with van der Waals surface area (Å²) < 4.78 is 0. The Morgan fingerprint density at radius 1 is 1.07 bits per heavy atom. The predicted octanol–water partition coefficient (Wildman–Crippen LogP) is 1.16. The van der Waals surface area contributed by atoms with Gasteiger partial charge in [-0.15, -0.1) is 0 Å². The molecule has 0 fully saturated rings. The minimum absolute atomic E-state index is 0.0893. The first kappa shape index (κ1) is 13.9. The van der Waals surface area contributed by atoms with Gasteiger partial charge in [-0.05, 0) is 6.42 Å². The van der Waals surface area contributed by atoms with Crippen molar-refractivity contribution in [1.29, 1.82) is 0 Å². The molecule has 0 aliphatic rings. The van der Waals surface area contributed by atoms with Gasteiger partial charge in [0.25, 0.3) is 0 Å². The highest BCUT2D eigenvalue weighted by Gasteiger charge is 2.42. The van der Waals surface area contributed by atoms with Crippen LogP contribution in [0.3, 0.4) is 0 Å². The van der Waals surface area contributed by atoms with Crippen LogP contribution in [0.25, 0.3) is 0 Å². The van der Waals surface area contributed by atoms with Gasteiger partial charge in [0.05, 0.1) is 18.8 Å². The van der Waals surface area contributed by atoms with E-state index in [0.29, 0.717) is 6.42 Å². The molecule has 0 spiro atoms. The third-order valence-electron chi connectivity index (χ3n) is 3.10. The molecule has 0 amide bonds. The van der Waals surface area contributed by atoms with Gasteiger partial charge in [0.1, 0.15) is 0 Å². The number of aliphatic hydroxyl groups excluding tert-OH is 3. The van der Waals surface area contributed by atoms with Crippen LogP contribution >= 0.6 is 0 Å². The van der Waals surface area contributed by atoms with E-state index in [1.165, 1.54) is 0 Å². The summed E-state index contributed by atoms with van der Waals surface area (Å²) in [6, 6.07) is 0. The third-order valence-corrected chi connectivity index (χ3v) is 3.10. The molecule has 14 heavy (non-hydrogen) atoms. The molecular formula is C11H24O3. The molecule has 0 radical (unpaired) electrons. The Labute approximate surface area is 86.8 Å². The van der Waals surface area contributed by atoms with E-state index in [0.717, 1.165) is 0 Å². The third kappa shape index (κ3) is 2.69. The van der Waals surface area contributed by atoms with Gasteiger partial charge >= 0.3 is 0 Å². The second-order valence-corrected chi connectivity index (χ2v) is 5.29. The van der Waals surface area contributed by atoms with Gasteiger partial charge in [-0.2, -0.15) is 0 Å². The molecule has 0 bridgehead atoms. The van der Waals surface area contributed by atoms with Crippen LogP contribution in [0.2, 0.25) is 0 Å². The maximum absolute atomic E-state index is 10.1. The van der Waals surface area contributed by atoms with Crippen LogP contribution in [0.5, 0.6) is 0 Å². The van der Waals surface area contributed by atoms with Crippen LogP contribution in [0.15, 0.2) is 0 Å². The molecular weight excluding hydrogens is 180 g/mol. The largest absolute Gasteiger partial charge is 0.396 e. The lowest BCUT2D eigenvalue weighted by Gasteiger charge is -2.42. The molecule has 0 saturated heterocycles. The highest BCUT2D eigenvalue weighted by Crippen LogP contribution is 2.37. The van der Waals surface area contributed by atoms with Gasteiger partial charge in [0, 0.05) is 10.8 Å². The highest BCUT2D eigenvalue weighted by atomic mass is 16.3. The first-order chi connectivity index (χ1) is 6.20. The number of hydrogen-bond acceptors (Lipinski definition) is 3. The normalized spacial score (nSPS) is 18.0. The SMILES string of the molecule is CCC(O)C(C)(C)C(O)C(C)(C)CO. The Hall–Kier alpha value is -0.120. The van der Waals surface area contributed by atoms with Gasteiger partial charge in [-0.25, -0.2) is 0 Å². The van der Waals surface area contributed by atoms with Gasteiger partial charge in [-0.3, -0.25) is 0 Å². The molecule has 0 aromatic rings. The number of aliphatic hydroxyl groups is 3. The second kappa shape index (κ2) is 4.60. The minimum Gasteiger partial charge on any atom is -0.396 e. The zero-order valence-electron chi connectivity index (χ0n) is 9.91. The van der Waals surface area contributed by atoms with E-state index in [1.54, 1.807) is 13.8 Å². The lowest BCUT2D eigenvalue weighted by atomic mass is 9.69. The van der Waals surface area contributed by atoms with Gasteiger partial charge in [0.2, 0.25) is 0 Å². The molecule has 3 heteroatoms. The molecule has 2 unspecified atom stereocenters. The molecule has 0 rings (SSSR count). The van der Waals surface area contributed by atoms with Gasteiger partial charge in [-0.1, -0.05) is 34.6 Å². The van der Waals surface area contributed by atoms with E-state index in [9.17, 15) is 10.2 Å². The first-order valence-corrected chi connectivity index (χ1v) is 5.17. The van der Waals surface area contributed by atoms with Crippen molar-refractivity contribution < 1.29 is 15.3 Å². The summed E-state index contributed by atoms with van der Waals surface area (Å²) in [7, 11) is 0. The Kier molecular flexibility index (Phi) is 4.56. The van der Waals surface area contributed by atoms with Crippen molar-refractivity contribution in [2.75, 3.05) is 6.61 Å². The molecule has 3 N–H and O–H groups in total. The van der Waals surface area contributed by atoms with E-state index in [4.69, 9.17) is 5.11 Å². The van der Waals surface area contributed by atoms with Crippen LogP contribution in [0, 0.1) is 10.8 Å². The van der Waals surface area contributed by atoms with E-state index >= 15 is 0 Å². The standard InChI is InChI=1S/C11H24O3/c1-6-8(13)11(4,5)9(14)10(2,3)7-12/h8-9,12-14H,6-7H2,1-5H3. The minimum atomic E-state index is -0.727. The van der Waals surface area contributed by atoms with Crippen molar-refractivity contribution in [3.63, 3.8) is 0 Å². The van der Waals surface area contributed by atoms with E-state index in [-0.39, 0.29) is 6.61 Å². The monoisotopic (exact) mass is 204 g/mol. The molecule has 86 valence electrons. The van der Waals surface area contributed by atoms with Crippen LogP contribution in [-0.4, -0.2) is 34.1 Å². The average molecular weight is 204 g/mol. The quantitative estimate of drug-likeness (QED) is 0.630. The fourth-order valence-corrected chi connectivity index (χ4v) is 1.80. The Bertz CT molecular complexity index is 175. The lowest BCUT2D eigenvalue weighted by Crippen LogP contribution is -2.49. The van der Waals surface area contributed by atoms with Crippen molar-refractivity contribution >= 4 is 0 Å². The summed E-state index contributed by atoms with van der Waals surface area (Å²) in [6.45, 7) is 9.02.